The van der Waals surface area contributed by atoms with E-state index in [4.69, 9.17) is 11.6 Å². The molecular formula is C12H17ClN2O3. The van der Waals surface area contributed by atoms with E-state index in [2.05, 4.69) is 6.92 Å². The van der Waals surface area contributed by atoms with Crippen molar-refractivity contribution >= 4 is 17.5 Å². The third-order valence-electron chi connectivity index (χ3n) is 2.64. The van der Waals surface area contributed by atoms with Gasteiger partial charge in [-0.25, -0.2) is 9.36 Å². The number of H-pyrrole nitrogens is 1. The Balaban J connectivity index is 2.62. The number of carbonyl (C=O) groups excluding carboxylic acids is 1. The van der Waals surface area contributed by atoms with Crippen LogP contribution >= 0.6 is 11.6 Å². The summed E-state index contributed by atoms with van der Waals surface area (Å²) in [7, 11) is 0. The summed E-state index contributed by atoms with van der Waals surface area (Å²) >= 11 is 5.71. The number of aromatic nitrogens is 2. The quantitative estimate of drug-likeness (QED) is 0.637. The van der Waals surface area contributed by atoms with Crippen molar-refractivity contribution in [1.29, 1.82) is 0 Å². The molecule has 1 N–H and O–H groups in total. The van der Waals surface area contributed by atoms with Crippen LogP contribution in [0.3, 0.4) is 0 Å². The normalized spacial score (nSPS) is 10.6. The Morgan fingerprint density at radius 1 is 1.28 bits per heavy atom. The molecule has 0 unspecified atom stereocenters. The first-order valence-corrected chi connectivity index (χ1v) is 6.49. The third kappa shape index (κ3) is 4.14. The molecule has 0 fully saturated rings. The highest BCUT2D eigenvalue weighted by atomic mass is 35.5. The molecule has 1 heterocycles. The van der Waals surface area contributed by atoms with Gasteiger partial charge < -0.3 is 0 Å². The number of halogens is 1. The van der Waals surface area contributed by atoms with Crippen molar-refractivity contribution in [2.45, 2.75) is 45.4 Å². The van der Waals surface area contributed by atoms with E-state index >= 15 is 0 Å². The molecule has 0 amide bonds. The van der Waals surface area contributed by atoms with E-state index in [-0.39, 0.29) is 17.5 Å². The summed E-state index contributed by atoms with van der Waals surface area (Å²) in [5.74, 6) is -0.377. The molecule has 5 nitrogen and oxygen atoms in total. The Morgan fingerprint density at radius 3 is 2.56 bits per heavy atom. The fourth-order valence-corrected chi connectivity index (χ4v) is 1.96. The molecule has 0 aliphatic rings. The summed E-state index contributed by atoms with van der Waals surface area (Å²) in [4.78, 5) is 36.2. The number of nitrogens with zero attached hydrogens (tertiary/aromatic N) is 1. The smallest absolute Gasteiger partial charge is 0.274 e. The molecule has 0 spiro atoms. The number of carbonyl (C=O) groups is 1. The predicted octanol–water partition coefficient (Wildman–Crippen LogP) is 2.19. The number of hydrogen-bond acceptors (Lipinski definition) is 3. The minimum absolute atomic E-state index is 0.137. The summed E-state index contributed by atoms with van der Waals surface area (Å²) in [6.45, 7) is 2.12. The zero-order valence-electron chi connectivity index (χ0n) is 10.4. The molecule has 1 rings (SSSR count). The van der Waals surface area contributed by atoms with E-state index in [1.54, 1.807) is 0 Å². The SMILES string of the molecule is CCCCCCCC(=O)n1c(Cl)cc(=O)[nH]c1=O. The van der Waals surface area contributed by atoms with E-state index < -0.39 is 11.2 Å². The van der Waals surface area contributed by atoms with Crippen LogP contribution < -0.4 is 11.2 Å². The van der Waals surface area contributed by atoms with Gasteiger partial charge in [-0.15, -0.1) is 0 Å². The first-order chi connectivity index (χ1) is 8.56. The Kier molecular flexibility index (Phi) is 5.85. The van der Waals surface area contributed by atoms with Gasteiger partial charge in [-0.05, 0) is 6.42 Å². The van der Waals surface area contributed by atoms with Crippen molar-refractivity contribution in [3.63, 3.8) is 0 Å². The molecule has 1 aromatic rings. The maximum absolute atomic E-state index is 11.8. The lowest BCUT2D eigenvalue weighted by molar-refractivity contribution is 0.0893. The number of rotatable bonds is 6. The van der Waals surface area contributed by atoms with Gasteiger partial charge in [-0.3, -0.25) is 14.6 Å². The lowest BCUT2D eigenvalue weighted by Crippen LogP contribution is -2.33. The zero-order chi connectivity index (χ0) is 13.5. The molecule has 6 heteroatoms. The molecule has 0 saturated carbocycles. The van der Waals surface area contributed by atoms with Gasteiger partial charge in [0.25, 0.3) is 5.56 Å². The predicted molar refractivity (Wildman–Crippen MR) is 70.3 cm³/mol. The zero-order valence-corrected chi connectivity index (χ0v) is 11.1. The fourth-order valence-electron chi connectivity index (χ4n) is 1.69. The molecule has 0 radical (unpaired) electrons. The minimum Gasteiger partial charge on any atom is -0.274 e. The van der Waals surface area contributed by atoms with Gasteiger partial charge in [0.1, 0.15) is 5.15 Å². The highest BCUT2D eigenvalue weighted by molar-refractivity contribution is 6.30. The van der Waals surface area contributed by atoms with Gasteiger partial charge in [0.05, 0.1) is 0 Å². The van der Waals surface area contributed by atoms with Crippen molar-refractivity contribution in [1.82, 2.24) is 9.55 Å². The van der Waals surface area contributed by atoms with Crippen molar-refractivity contribution in [3.05, 3.63) is 32.1 Å². The summed E-state index contributed by atoms with van der Waals surface area (Å²) in [5.41, 5.74) is -1.37. The maximum Gasteiger partial charge on any atom is 0.336 e. The first-order valence-electron chi connectivity index (χ1n) is 6.11. The molecule has 100 valence electrons. The van der Waals surface area contributed by atoms with Gasteiger partial charge in [-0.1, -0.05) is 44.2 Å². The number of aromatic amines is 1. The van der Waals surface area contributed by atoms with Crippen LogP contribution in [0.15, 0.2) is 15.7 Å². The van der Waals surface area contributed by atoms with Crippen LogP contribution in [0.4, 0.5) is 0 Å². The monoisotopic (exact) mass is 272 g/mol. The Morgan fingerprint density at radius 2 is 1.94 bits per heavy atom. The average molecular weight is 273 g/mol. The summed E-state index contributed by atoms with van der Waals surface area (Å²) in [6, 6.07) is 1.03. The molecule has 0 saturated heterocycles. The lowest BCUT2D eigenvalue weighted by atomic mass is 10.1. The Hall–Kier alpha value is -1.36. The molecule has 0 aromatic carbocycles. The molecular weight excluding hydrogens is 256 g/mol. The Bertz CT molecular complexity index is 519. The maximum atomic E-state index is 11.8. The van der Waals surface area contributed by atoms with Crippen LogP contribution in [0.5, 0.6) is 0 Å². The highest BCUT2D eigenvalue weighted by Crippen LogP contribution is 2.08. The average Bonchev–Trinajstić information content (AvgIpc) is 2.27. The van der Waals surface area contributed by atoms with Gasteiger partial charge >= 0.3 is 5.69 Å². The van der Waals surface area contributed by atoms with Crippen LogP contribution in [0.25, 0.3) is 0 Å². The van der Waals surface area contributed by atoms with Crippen molar-refractivity contribution in [2.24, 2.45) is 0 Å². The topological polar surface area (TPSA) is 71.9 Å². The molecule has 0 bridgehead atoms. The third-order valence-corrected chi connectivity index (χ3v) is 2.92. The summed E-state index contributed by atoms with van der Waals surface area (Å²) in [6.07, 6.45) is 5.30. The fraction of sp³-hybridized carbons (Fsp3) is 0.583. The number of hydrogen-bond donors (Lipinski definition) is 1. The molecule has 0 atom stereocenters. The number of unbranched alkanes of at least 4 members (excludes halogenated alkanes) is 4. The first kappa shape index (κ1) is 14.7. The summed E-state index contributed by atoms with van der Waals surface area (Å²) in [5, 5.41) is -0.137. The van der Waals surface area contributed by atoms with E-state index in [1.165, 1.54) is 0 Å². The molecule has 1 aromatic heterocycles. The second kappa shape index (κ2) is 7.16. The van der Waals surface area contributed by atoms with Gasteiger partial charge in [0.15, 0.2) is 0 Å². The highest BCUT2D eigenvalue weighted by Gasteiger charge is 2.11. The van der Waals surface area contributed by atoms with E-state index in [0.717, 1.165) is 42.7 Å². The van der Waals surface area contributed by atoms with Crippen LogP contribution in [0, 0.1) is 0 Å². The van der Waals surface area contributed by atoms with Crippen molar-refractivity contribution in [2.75, 3.05) is 0 Å². The second-order valence-electron chi connectivity index (χ2n) is 4.15. The van der Waals surface area contributed by atoms with Crippen LogP contribution in [0.1, 0.15) is 50.2 Å². The van der Waals surface area contributed by atoms with Crippen LogP contribution in [-0.4, -0.2) is 15.5 Å². The van der Waals surface area contributed by atoms with E-state index in [0.29, 0.717) is 0 Å². The van der Waals surface area contributed by atoms with Crippen LogP contribution in [0.2, 0.25) is 5.15 Å². The molecule has 18 heavy (non-hydrogen) atoms. The van der Waals surface area contributed by atoms with E-state index in [1.807, 2.05) is 4.98 Å². The standard InChI is InChI=1S/C12H17ClN2O3/c1-2-3-4-5-6-7-11(17)15-9(13)8-10(16)14-12(15)18/h8H,2-7H2,1H3,(H,14,16,18). The second-order valence-corrected chi connectivity index (χ2v) is 4.54. The van der Waals surface area contributed by atoms with Gasteiger partial charge in [0.2, 0.25) is 5.91 Å². The minimum atomic E-state index is -0.772. The summed E-state index contributed by atoms with van der Waals surface area (Å²) < 4.78 is 0.808. The Labute approximate surface area is 110 Å². The molecule has 0 aliphatic carbocycles. The number of nitrogens with one attached hydrogen (secondary N) is 1. The van der Waals surface area contributed by atoms with Gasteiger partial charge in [-0.2, -0.15) is 0 Å². The van der Waals surface area contributed by atoms with E-state index in [9.17, 15) is 14.4 Å². The molecule has 0 aliphatic heterocycles. The largest absolute Gasteiger partial charge is 0.336 e. The van der Waals surface area contributed by atoms with Gasteiger partial charge in [0, 0.05) is 12.5 Å². The van der Waals surface area contributed by atoms with Crippen molar-refractivity contribution in [3.8, 4) is 0 Å². The van der Waals surface area contributed by atoms with Crippen LogP contribution in [-0.2, 0) is 0 Å². The van der Waals surface area contributed by atoms with Crippen molar-refractivity contribution < 1.29 is 4.79 Å². The lowest BCUT2D eigenvalue weighted by Gasteiger charge is -2.05.